The van der Waals surface area contributed by atoms with Crippen molar-refractivity contribution in [1.29, 1.82) is 0 Å². The molecule has 0 radical (unpaired) electrons. The summed E-state index contributed by atoms with van der Waals surface area (Å²) in [6.07, 6.45) is 14.2. The molecular formula is C25H26O6. The first-order chi connectivity index (χ1) is 14.8. The molecule has 6 nitrogen and oxygen atoms in total. The van der Waals surface area contributed by atoms with Gasteiger partial charge in [0.1, 0.15) is 11.5 Å². The van der Waals surface area contributed by atoms with Crippen LogP contribution in [0.1, 0.15) is 32.1 Å². The van der Waals surface area contributed by atoms with Gasteiger partial charge in [-0.3, -0.25) is 9.59 Å². The average Bonchev–Trinajstić information content (AvgIpc) is 2.78. The Morgan fingerprint density at radius 2 is 1.65 bits per heavy atom. The zero-order chi connectivity index (χ0) is 22.8. The van der Waals surface area contributed by atoms with E-state index in [1.54, 1.807) is 12.2 Å². The van der Waals surface area contributed by atoms with E-state index in [9.17, 15) is 14.4 Å². The van der Waals surface area contributed by atoms with Gasteiger partial charge in [0.05, 0.1) is 13.5 Å². The number of hydrogen-bond donors (Lipinski definition) is 0. The number of methoxy groups -OCH3 is 1. The van der Waals surface area contributed by atoms with Gasteiger partial charge < -0.3 is 14.2 Å². The maximum atomic E-state index is 11.9. The summed E-state index contributed by atoms with van der Waals surface area (Å²) in [4.78, 5) is 33.5. The summed E-state index contributed by atoms with van der Waals surface area (Å²) in [7, 11) is 1.23. The molecule has 0 saturated heterocycles. The van der Waals surface area contributed by atoms with Gasteiger partial charge in [-0.1, -0.05) is 44.0 Å². The Balaban J connectivity index is 1.91. The SMILES string of the molecule is C=C(/C=C\C(=C)C1=CC=C(C2=CC=C(OC=O)CC2)CC1)OC(=O)C(=C)CC(=O)OC. The van der Waals surface area contributed by atoms with E-state index >= 15 is 0 Å². The third-order valence-corrected chi connectivity index (χ3v) is 4.85. The molecule has 0 aliphatic heterocycles. The van der Waals surface area contributed by atoms with Crippen LogP contribution in [0.25, 0.3) is 0 Å². The fourth-order valence-electron chi connectivity index (χ4n) is 3.06. The van der Waals surface area contributed by atoms with Crippen molar-refractivity contribution < 1.29 is 28.6 Å². The predicted octanol–water partition coefficient (Wildman–Crippen LogP) is 4.70. The Bertz CT molecular complexity index is 952. The van der Waals surface area contributed by atoms with Crippen LogP contribution in [0.4, 0.5) is 0 Å². The second-order valence-electron chi connectivity index (χ2n) is 6.99. The maximum Gasteiger partial charge on any atom is 0.339 e. The van der Waals surface area contributed by atoms with Crippen molar-refractivity contribution in [3.63, 3.8) is 0 Å². The van der Waals surface area contributed by atoms with Gasteiger partial charge in [0.25, 0.3) is 6.47 Å². The van der Waals surface area contributed by atoms with E-state index in [2.05, 4.69) is 30.5 Å². The molecule has 162 valence electrons. The molecule has 0 unspecified atom stereocenters. The zero-order valence-corrected chi connectivity index (χ0v) is 17.6. The van der Waals surface area contributed by atoms with Gasteiger partial charge in [0, 0.05) is 12.0 Å². The highest BCUT2D eigenvalue weighted by molar-refractivity contribution is 5.93. The Labute approximate surface area is 182 Å². The number of allylic oxidation sites excluding steroid dienone is 11. The molecular weight excluding hydrogens is 396 g/mol. The van der Waals surface area contributed by atoms with Crippen LogP contribution >= 0.6 is 0 Å². The quantitative estimate of drug-likeness (QED) is 0.127. The first-order valence-corrected chi connectivity index (χ1v) is 9.77. The number of rotatable bonds is 10. The van der Waals surface area contributed by atoms with Crippen molar-refractivity contribution in [2.24, 2.45) is 0 Å². The van der Waals surface area contributed by atoms with Crippen LogP contribution in [-0.2, 0) is 28.6 Å². The highest BCUT2D eigenvalue weighted by Gasteiger charge is 2.16. The Morgan fingerprint density at radius 1 is 0.968 bits per heavy atom. The minimum Gasteiger partial charge on any atom is -0.469 e. The van der Waals surface area contributed by atoms with Crippen molar-refractivity contribution in [2.75, 3.05) is 7.11 Å². The molecule has 0 bridgehead atoms. The predicted molar refractivity (Wildman–Crippen MR) is 117 cm³/mol. The van der Waals surface area contributed by atoms with Crippen LogP contribution in [0.5, 0.6) is 0 Å². The van der Waals surface area contributed by atoms with Gasteiger partial charge in [-0.25, -0.2) is 4.79 Å². The zero-order valence-electron chi connectivity index (χ0n) is 17.6. The summed E-state index contributed by atoms with van der Waals surface area (Å²) in [6.45, 7) is 11.7. The topological polar surface area (TPSA) is 78.9 Å². The van der Waals surface area contributed by atoms with Crippen LogP contribution < -0.4 is 0 Å². The van der Waals surface area contributed by atoms with Gasteiger partial charge in [0.2, 0.25) is 0 Å². The second-order valence-corrected chi connectivity index (χ2v) is 6.99. The number of esters is 2. The third-order valence-electron chi connectivity index (χ3n) is 4.85. The molecule has 6 heteroatoms. The van der Waals surface area contributed by atoms with Gasteiger partial charge >= 0.3 is 11.9 Å². The summed E-state index contributed by atoms with van der Waals surface area (Å²) in [5.41, 5.74) is 4.35. The van der Waals surface area contributed by atoms with Crippen molar-refractivity contribution in [2.45, 2.75) is 32.1 Å². The lowest BCUT2D eigenvalue weighted by molar-refractivity contribution is -0.142. The van der Waals surface area contributed by atoms with E-state index in [1.807, 2.05) is 18.2 Å². The monoisotopic (exact) mass is 422 g/mol. The molecule has 0 amide bonds. The van der Waals surface area contributed by atoms with E-state index in [-0.39, 0.29) is 17.8 Å². The molecule has 2 aliphatic carbocycles. The molecule has 0 atom stereocenters. The van der Waals surface area contributed by atoms with E-state index in [0.29, 0.717) is 18.7 Å². The van der Waals surface area contributed by atoms with Crippen LogP contribution in [0, 0.1) is 0 Å². The van der Waals surface area contributed by atoms with Crippen LogP contribution in [0.15, 0.2) is 95.6 Å². The van der Waals surface area contributed by atoms with Crippen LogP contribution in [0.2, 0.25) is 0 Å². The lowest BCUT2D eigenvalue weighted by Gasteiger charge is -2.20. The molecule has 0 spiro atoms. The lowest BCUT2D eigenvalue weighted by Crippen LogP contribution is -2.11. The maximum absolute atomic E-state index is 11.9. The smallest absolute Gasteiger partial charge is 0.339 e. The summed E-state index contributed by atoms with van der Waals surface area (Å²) >= 11 is 0. The van der Waals surface area contributed by atoms with Gasteiger partial charge in [-0.05, 0) is 53.7 Å². The number of carbonyl (C=O) groups excluding carboxylic acids is 3. The first-order valence-electron chi connectivity index (χ1n) is 9.77. The van der Waals surface area contributed by atoms with Crippen LogP contribution in [0.3, 0.4) is 0 Å². The lowest BCUT2D eigenvalue weighted by atomic mass is 9.87. The third kappa shape index (κ3) is 7.26. The van der Waals surface area contributed by atoms with E-state index in [4.69, 9.17) is 9.47 Å². The van der Waals surface area contributed by atoms with Crippen molar-refractivity contribution in [3.05, 3.63) is 95.6 Å². The molecule has 0 heterocycles. The largest absolute Gasteiger partial charge is 0.469 e. The van der Waals surface area contributed by atoms with E-state index in [1.165, 1.54) is 18.3 Å². The Hall–Kier alpha value is -3.67. The fourth-order valence-corrected chi connectivity index (χ4v) is 3.06. The van der Waals surface area contributed by atoms with Crippen molar-refractivity contribution in [1.82, 2.24) is 0 Å². The Morgan fingerprint density at radius 3 is 2.19 bits per heavy atom. The molecule has 2 aliphatic rings. The van der Waals surface area contributed by atoms with Gasteiger partial charge in [0.15, 0.2) is 0 Å². The molecule has 0 N–H and O–H groups in total. The first kappa shape index (κ1) is 23.6. The van der Waals surface area contributed by atoms with E-state index in [0.717, 1.165) is 30.4 Å². The summed E-state index contributed by atoms with van der Waals surface area (Å²) in [6, 6.07) is 0. The molecule has 2 rings (SSSR count). The minimum absolute atomic E-state index is 0.00964. The van der Waals surface area contributed by atoms with E-state index < -0.39 is 11.9 Å². The van der Waals surface area contributed by atoms with Gasteiger partial charge in [-0.15, -0.1) is 0 Å². The molecule has 0 aromatic heterocycles. The molecule has 0 saturated carbocycles. The molecule has 0 aromatic carbocycles. The van der Waals surface area contributed by atoms with Gasteiger partial charge in [-0.2, -0.15) is 0 Å². The number of carbonyl (C=O) groups is 3. The summed E-state index contributed by atoms with van der Waals surface area (Å²) in [5.74, 6) is -0.494. The standard InChI is InChI=1S/C25H26O6/c1-17(5-6-19(3)31-25(28)18(2)15-24(27)29-4)20-7-9-21(10-8-20)22-11-13-23(14-12-22)30-16-26/h5-7,9,11,13,16H,1-3,8,10,12,14-15H2,4H3/b6-5-. The van der Waals surface area contributed by atoms with Crippen molar-refractivity contribution in [3.8, 4) is 0 Å². The van der Waals surface area contributed by atoms with Crippen LogP contribution in [-0.4, -0.2) is 25.5 Å². The number of hydrogen-bond acceptors (Lipinski definition) is 6. The fraction of sp³-hybridized carbons (Fsp3) is 0.240. The van der Waals surface area contributed by atoms with Crippen molar-refractivity contribution >= 4 is 18.4 Å². The Kier molecular flexibility index (Phi) is 8.76. The molecule has 0 aromatic rings. The summed E-state index contributed by atoms with van der Waals surface area (Å²) in [5, 5.41) is 0. The number of ether oxygens (including phenoxy) is 3. The summed E-state index contributed by atoms with van der Waals surface area (Å²) < 4.78 is 14.5. The highest BCUT2D eigenvalue weighted by atomic mass is 16.5. The normalized spacial score (nSPS) is 15.6. The minimum atomic E-state index is -0.730. The molecule has 31 heavy (non-hydrogen) atoms. The molecule has 0 fully saturated rings. The second kappa shape index (κ2) is 11.5. The average molecular weight is 422 g/mol. The highest BCUT2D eigenvalue weighted by Crippen LogP contribution is 2.32.